The smallest absolute Gasteiger partial charge is 0.0967 e. The van der Waals surface area contributed by atoms with Crippen molar-refractivity contribution in [2.45, 2.75) is 51.2 Å². The molecule has 2 fully saturated rings. The Morgan fingerprint density at radius 2 is 2.26 bits per heavy atom. The molecule has 19 heavy (non-hydrogen) atoms. The fraction of sp³-hybridized carbons (Fsp3) is 0.857. The predicted octanol–water partition coefficient (Wildman–Crippen LogP) is 1.17. The van der Waals surface area contributed by atoms with Gasteiger partial charge in [0.15, 0.2) is 0 Å². The minimum Gasteiger partial charge on any atom is -0.308 e. The third-order valence-corrected chi connectivity index (χ3v) is 4.75. The highest BCUT2D eigenvalue weighted by Crippen LogP contribution is 2.41. The number of nitrogens with zero attached hydrogens (tertiary/aromatic N) is 4. The van der Waals surface area contributed by atoms with Gasteiger partial charge >= 0.3 is 0 Å². The Kier molecular flexibility index (Phi) is 3.35. The minimum absolute atomic E-state index is 0.299. The van der Waals surface area contributed by atoms with Crippen LogP contribution in [0.15, 0.2) is 6.20 Å². The van der Waals surface area contributed by atoms with E-state index in [-0.39, 0.29) is 0 Å². The van der Waals surface area contributed by atoms with Gasteiger partial charge in [-0.1, -0.05) is 12.1 Å². The summed E-state index contributed by atoms with van der Waals surface area (Å²) in [5.74, 6) is 0.870. The first-order chi connectivity index (χ1) is 9.10. The van der Waals surface area contributed by atoms with Crippen LogP contribution in [0.25, 0.3) is 0 Å². The third-order valence-electron chi connectivity index (χ3n) is 4.75. The van der Waals surface area contributed by atoms with Gasteiger partial charge in [0, 0.05) is 44.5 Å². The average Bonchev–Trinajstić information content (AvgIpc) is 3.16. The fourth-order valence-corrected chi connectivity index (χ4v) is 3.34. The Morgan fingerprint density at radius 3 is 2.84 bits per heavy atom. The molecule has 2 unspecified atom stereocenters. The molecule has 1 aliphatic heterocycles. The highest BCUT2D eigenvalue weighted by atomic mass is 15.4. The molecule has 1 saturated heterocycles. The molecule has 2 heterocycles. The van der Waals surface area contributed by atoms with Crippen LogP contribution in [0, 0.1) is 5.92 Å². The summed E-state index contributed by atoms with van der Waals surface area (Å²) in [6, 6.07) is 0.619. The molecule has 2 aliphatic rings. The van der Waals surface area contributed by atoms with Crippen molar-refractivity contribution in [3.63, 3.8) is 0 Å². The number of piperazine rings is 1. The Hall–Kier alpha value is -0.940. The van der Waals surface area contributed by atoms with Gasteiger partial charge in [-0.3, -0.25) is 9.58 Å². The van der Waals surface area contributed by atoms with E-state index >= 15 is 0 Å². The Balaban J connectivity index is 1.71. The quantitative estimate of drug-likeness (QED) is 0.886. The first-order valence-electron chi connectivity index (χ1n) is 7.45. The number of aryl methyl sites for hydroxylation is 1. The van der Waals surface area contributed by atoms with Crippen molar-refractivity contribution in [2.75, 3.05) is 13.1 Å². The zero-order valence-corrected chi connectivity index (χ0v) is 12.3. The van der Waals surface area contributed by atoms with Crippen molar-refractivity contribution in [2.24, 2.45) is 13.0 Å². The molecule has 5 nitrogen and oxygen atoms in total. The fourth-order valence-electron chi connectivity index (χ4n) is 3.34. The van der Waals surface area contributed by atoms with Crippen LogP contribution >= 0.6 is 0 Å². The lowest BCUT2D eigenvalue weighted by molar-refractivity contribution is 0.0655. The predicted molar refractivity (Wildman–Crippen MR) is 74.6 cm³/mol. The van der Waals surface area contributed by atoms with E-state index in [4.69, 9.17) is 0 Å². The highest BCUT2D eigenvalue weighted by molar-refractivity contribution is 5.05. The van der Waals surface area contributed by atoms with Gasteiger partial charge in [0.25, 0.3) is 0 Å². The monoisotopic (exact) mass is 263 g/mol. The van der Waals surface area contributed by atoms with Crippen molar-refractivity contribution in [1.29, 1.82) is 0 Å². The number of hydrogen-bond acceptors (Lipinski definition) is 4. The molecule has 1 aliphatic carbocycles. The van der Waals surface area contributed by atoms with Crippen LogP contribution in [0.2, 0.25) is 0 Å². The second-order valence-corrected chi connectivity index (χ2v) is 6.42. The second kappa shape index (κ2) is 4.87. The summed E-state index contributed by atoms with van der Waals surface area (Å²) in [5, 5.41) is 12.1. The average molecular weight is 263 g/mol. The van der Waals surface area contributed by atoms with E-state index in [0.29, 0.717) is 11.6 Å². The third kappa shape index (κ3) is 2.67. The maximum absolute atomic E-state index is 4.24. The summed E-state index contributed by atoms with van der Waals surface area (Å²) in [7, 11) is 1.93. The lowest BCUT2D eigenvalue weighted by Gasteiger charge is -2.46. The van der Waals surface area contributed by atoms with E-state index in [1.165, 1.54) is 19.3 Å². The molecule has 1 aromatic rings. The van der Waals surface area contributed by atoms with Crippen molar-refractivity contribution in [3.8, 4) is 0 Å². The van der Waals surface area contributed by atoms with Gasteiger partial charge in [-0.15, -0.1) is 5.10 Å². The highest BCUT2D eigenvalue weighted by Gasteiger charge is 2.45. The maximum atomic E-state index is 4.24. The first-order valence-corrected chi connectivity index (χ1v) is 7.45. The van der Waals surface area contributed by atoms with Gasteiger partial charge in [-0.2, -0.15) is 0 Å². The van der Waals surface area contributed by atoms with Crippen molar-refractivity contribution >= 4 is 0 Å². The number of nitrogens with one attached hydrogen (secondary N) is 1. The molecule has 1 aromatic heterocycles. The Labute approximate surface area is 115 Å². The van der Waals surface area contributed by atoms with Gasteiger partial charge in [-0.05, 0) is 32.1 Å². The van der Waals surface area contributed by atoms with Gasteiger partial charge < -0.3 is 5.32 Å². The molecular weight excluding hydrogens is 238 g/mol. The van der Waals surface area contributed by atoms with Crippen molar-refractivity contribution in [1.82, 2.24) is 25.2 Å². The molecule has 1 N–H and O–H groups in total. The second-order valence-electron chi connectivity index (χ2n) is 6.42. The van der Waals surface area contributed by atoms with Gasteiger partial charge in [0.05, 0.1) is 5.69 Å². The van der Waals surface area contributed by atoms with Gasteiger partial charge in [0.2, 0.25) is 0 Å². The SMILES string of the molecule is CCC1CNC(C)(C2CC2)CN1Cc1cn(C)nn1. The summed E-state index contributed by atoms with van der Waals surface area (Å²) < 4.78 is 1.79. The molecule has 0 aromatic carbocycles. The minimum atomic E-state index is 0.299. The lowest BCUT2D eigenvalue weighted by Crippen LogP contribution is -2.63. The molecule has 3 rings (SSSR count). The van der Waals surface area contributed by atoms with Gasteiger partial charge in [0.1, 0.15) is 0 Å². The molecule has 0 radical (unpaired) electrons. The standard InChI is InChI=1S/C14H25N5/c1-4-13-7-15-14(2,11-5-6-11)10-19(13)9-12-8-18(3)17-16-12/h8,11,13,15H,4-7,9-10H2,1-3H3. The number of aromatic nitrogens is 3. The van der Waals surface area contributed by atoms with E-state index < -0.39 is 0 Å². The van der Waals surface area contributed by atoms with E-state index in [1.54, 1.807) is 4.68 Å². The molecule has 0 spiro atoms. The Morgan fingerprint density at radius 1 is 1.47 bits per heavy atom. The number of hydrogen-bond donors (Lipinski definition) is 1. The first kappa shape index (κ1) is 13.1. The van der Waals surface area contributed by atoms with E-state index in [9.17, 15) is 0 Å². The molecule has 0 amide bonds. The number of rotatable bonds is 4. The molecule has 1 saturated carbocycles. The van der Waals surface area contributed by atoms with Crippen LogP contribution < -0.4 is 5.32 Å². The summed E-state index contributed by atoms with van der Waals surface area (Å²) in [5.41, 5.74) is 1.38. The molecule has 5 heteroatoms. The Bertz CT molecular complexity index is 439. The zero-order valence-electron chi connectivity index (χ0n) is 12.3. The molecule has 106 valence electrons. The van der Waals surface area contributed by atoms with E-state index in [1.807, 2.05) is 13.2 Å². The van der Waals surface area contributed by atoms with Crippen LogP contribution in [0.1, 0.15) is 38.8 Å². The maximum Gasteiger partial charge on any atom is 0.0967 e. The van der Waals surface area contributed by atoms with Crippen LogP contribution in [-0.4, -0.2) is 44.6 Å². The summed E-state index contributed by atoms with van der Waals surface area (Å²) >= 11 is 0. The summed E-state index contributed by atoms with van der Waals surface area (Å²) in [4.78, 5) is 2.60. The molecule has 0 bridgehead atoms. The van der Waals surface area contributed by atoms with Crippen molar-refractivity contribution in [3.05, 3.63) is 11.9 Å². The van der Waals surface area contributed by atoms with Crippen LogP contribution in [0.3, 0.4) is 0 Å². The van der Waals surface area contributed by atoms with Crippen LogP contribution in [-0.2, 0) is 13.6 Å². The molecule has 2 atom stereocenters. The molecular formula is C14H25N5. The largest absolute Gasteiger partial charge is 0.308 e. The normalized spacial score (nSPS) is 32.7. The van der Waals surface area contributed by atoms with Gasteiger partial charge in [-0.25, -0.2) is 0 Å². The van der Waals surface area contributed by atoms with Crippen molar-refractivity contribution < 1.29 is 0 Å². The van der Waals surface area contributed by atoms with Crippen LogP contribution in [0.5, 0.6) is 0 Å². The summed E-state index contributed by atoms with van der Waals surface area (Å²) in [6.07, 6.45) is 6.00. The van der Waals surface area contributed by atoms with E-state index in [2.05, 4.69) is 34.4 Å². The zero-order chi connectivity index (χ0) is 13.5. The lowest BCUT2D eigenvalue weighted by atomic mass is 9.90. The topological polar surface area (TPSA) is 46.0 Å². The van der Waals surface area contributed by atoms with E-state index in [0.717, 1.165) is 31.2 Å². The summed E-state index contributed by atoms with van der Waals surface area (Å²) in [6.45, 7) is 7.82. The van der Waals surface area contributed by atoms with Crippen LogP contribution in [0.4, 0.5) is 0 Å².